The minimum absolute atomic E-state index is 0.240. The van der Waals surface area contributed by atoms with Crippen LogP contribution in [0.3, 0.4) is 0 Å². The molecule has 2 N–H and O–H groups in total. The zero-order chi connectivity index (χ0) is 18.1. The monoisotopic (exact) mass is 371 g/mol. The lowest BCUT2D eigenvalue weighted by molar-refractivity contribution is 0.674. The lowest BCUT2D eigenvalue weighted by atomic mass is 10.2. The molecule has 0 radical (unpaired) electrons. The zero-order valence-corrected chi connectivity index (χ0v) is 15.4. The van der Waals surface area contributed by atoms with E-state index in [-0.39, 0.29) is 10.8 Å². The number of hydrogen-bond acceptors (Lipinski definition) is 5. The lowest BCUT2D eigenvalue weighted by Crippen LogP contribution is -2.18. The number of rotatable bonds is 7. The maximum atomic E-state index is 12.5. The lowest BCUT2D eigenvalue weighted by Gasteiger charge is -2.08. The Labute approximate surface area is 153 Å². The molecule has 136 valence electrons. The van der Waals surface area contributed by atoms with Crippen LogP contribution in [0.25, 0.3) is 11.2 Å². The Balaban J connectivity index is 1.83. The number of imidazole rings is 1. The SMILES string of the molecule is CCCS(=O)c1nc(NC2CC2)c2[nH]c(=O)n(Cc3ccccc3)c2n1. The highest BCUT2D eigenvalue weighted by Crippen LogP contribution is 2.27. The van der Waals surface area contributed by atoms with Crippen molar-refractivity contribution in [3.63, 3.8) is 0 Å². The fourth-order valence-electron chi connectivity index (χ4n) is 2.83. The second-order valence-electron chi connectivity index (χ2n) is 6.52. The second-order valence-corrected chi connectivity index (χ2v) is 7.99. The Morgan fingerprint density at radius 3 is 2.73 bits per heavy atom. The third-order valence-electron chi connectivity index (χ3n) is 4.30. The molecule has 1 saturated carbocycles. The van der Waals surface area contributed by atoms with Crippen molar-refractivity contribution in [1.29, 1.82) is 0 Å². The number of H-pyrrole nitrogens is 1. The third-order valence-corrected chi connectivity index (χ3v) is 5.67. The first-order chi connectivity index (χ1) is 12.7. The van der Waals surface area contributed by atoms with Gasteiger partial charge in [-0.05, 0) is 24.8 Å². The van der Waals surface area contributed by atoms with Crippen LogP contribution in [0.2, 0.25) is 0 Å². The predicted octanol–water partition coefficient (Wildman–Crippen LogP) is 2.26. The second kappa shape index (κ2) is 7.03. The van der Waals surface area contributed by atoms with Gasteiger partial charge in [-0.2, -0.15) is 0 Å². The fraction of sp³-hybridized carbons (Fsp3) is 0.389. The van der Waals surface area contributed by atoms with E-state index in [1.54, 1.807) is 4.57 Å². The van der Waals surface area contributed by atoms with E-state index in [0.717, 1.165) is 24.8 Å². The van der Waals surface area contributed by atoms with Gasteiger partial charge < -0.3 is 10.3 Å². The number of benzene rings is 1. The molecule has 7 nitrogen and oxygen atoms in total. The Bertz CT molecular complexity index is 1010. The van der Waals surface area contributed by atoms with Crippen LogP contribution in [0.1, 0.15) is 31.7 Å². The number of nitrogens with zero attached hydrogens (tertiary/aromatic N) is 3. The molecule has 2 aromatic heterocycles. The standard InChI is InChI=1S/C18H21N5O2S/c1-2-10-26(25)17-21-15(19-13-8-9-13)14-16(22-17)23(18(24)20-14)11-12-6-4-3-5-7-12/h3-7,13H,2,8-11H2,1H3,(H,20,24)(H,19,21,22). The van der Waals surface area contributed by atoms with Gasteiger partial charge in [-0.15, -0.1) is 0 Å². The van der Waals surface area contributed by atoms with E-state index in [1.165, 1.54) is 0 Å². The summed E-state index contributed by atoms with van der Waals surface area (Å²) in [5.41, 5.74) is 1.84. The molecular weight excluding hydrogens is 350 g/mol. The molecule has 0 bridgehead atoms. The number of hydrogen-bond donors (Lipinski definition) is 2. The summed E-state index contributed by atoms with van der Waals surface area (Å²) in [6, 6.07) is 10.1. The van der Waals surface area contributed by atoms with E-state index >= 15 is 0 Å². The van der Waals surface area contributed by atoms with Crippen molar-refractivity contribution in [2.24, 2.45) is 0 Å². The molecule has 1 fully saturated rings. The van der Waals surface area contributed by atoms with Crippen molar-refractivity contribution in [2.75, 3.05) is 11.1 Å². The Morgan fingerprint density at radius 2 is 2.04 bits per heavy atom. The molecule has 8 heteroatoms. The van der Waals surface area contributed by atoms with Gasteiger partial charge in [-0.3, -0.25) is 8.78 Å². The summed E-state index contributed by atoms with van der Waals surface area (Å²) in [5, 5.41) is 3.61. The Hall–Kier alpha value is -2.48. The average Bonchev–Trinajstić information content (AvgIpc) is 3.40. The molecule has 2 heterocycles. The van der Waals surface area contributed by atoms with Crippen LogP contribution in [-0.2, 0) is 17.3 Å². The van der Waals surface area contributed by atoms with Gasteiger partial charge in [0.2, 0.25) is 5.16 Å². The van der Waals surface area contributed by atoms with Gasteiger partial charge in [-0.1, -0.05) is 37.3 Å². The van der Waals surface area contributed by atoms with Crippen molar-refractivity contribution in [2.45, 2.75) is 43.9 Å². The minimum atomic E-state index is -1.28. The molecule has 1 aliphatic carbocycles. The van der Waals surface area contributed by atoms with Crippen molar-refractivity contribution < 1.29 is 4.21 Å². The largest absolute Gasteiger partial charge is 0.365 e. The van der Waals surface area contributed by atoms with Gasteiger partial charge in [0.1, 0.15) is 5.52 Å². The summed E-state index contributed by atoms with van der Waals surface area (Å²) in [7, 11) is -1.28. The summed E-state index contributed by atoms with van der Waals surface area (Å²) in [6.07, 6.45) is 2.94. The normalized spacial score (nSPS) is 15.3. The van der Waals surface area contributed by atoms with Crippen LogP contribution in [-0.4, -0.2) is 35.5 Å². The van der Waals surface area contributed by atoms with Crippen molar-refractivity contribution in [3.8, 4) is 0 Å². The maximum Gasteiger partial charge on any atom is 0.328 e. The summed E-state index contributed by atoms with van der Waals surface area (Å²) < 4.78 is 14.1. The molecule has 0 aliphatic heterocycles. The molecule has 26 heavy (non-hydrogen) atoms. The fourth-order valence-corrected chi connectivity index (χ4v) is 3.76. The summed E-state index contributed by atoms with van der Waals surface area (Å²) in [4.78, 5) is 24.3. The number of anilines is 1. The predicted molar refractivity (Wildman–Crippen MR) is 102 cm³/mol. The Morgan fingerprint density at radius 1 is 1.27 bits per heavy atom. The average molecular weight is 371 g/mol. The van der Waals surface area contributed by atoms with Crippen LogP contribution >= 0.6 is 0 Å². The molecule has 1 aliphatic rings. The van der Waals surface area contributed by atoms with Crippen LogP contribution < -0.4 is 11.0 Å². The van der Waals surface area contributed by atoms with Crippen LogP contribution in [0.15, 0.2) is 40.3 Å². The van der Waals surface area contributed by atoms with E-state index in [2.05, 4.69) is 20.3 Å². The van der Waals surface area contributed by atoms with E-state index in [9.17, 15) is 9.00 Å². The molecular formula is C18H21N5O2S. The first-order valence-corrected chi connectivity index (χ1v) is 10.2. The van der Waals surface area contributed by atoms with Crippen LogP contribution in [0, 0.1) is 0 Å². The van der Waals surface area contributed by atoms with E-state index < -0.39 is 10.8 Å². The van der Waals surface area contributed by atoms with Gasteiger partial charge in [0.25, 0.3) is 0 Å². The highest BCUT2D eigenvalue weighted by Gasteiger charge is 2.25. The van der Waals surface area contributed by atoms with E-state index in [0.29, 0.717) is 35.3 Å². The topological polar surface area (TPSA) is 92.7 Å². The molecule has 1 atom stereocenters. The smallest absolute Gasteiger partial charge is 0.328 e. The molecule has 3 aromatic rings. The van der Waals surface area contributed by atoms with Crippen molar-refractivity contribution in [1.82, 2.24) is 19.5 Å². The van der Waals surface area contributed by atoms with E-state index in [4.69, 9.17) is 0 Å². The van der Waals surface area contributed by atoms with Crippen molar-refractivity contribution in [3.05, 3.63) is 46.4 Å². The summed E-state index contributed by atoms with van der Waals surface area (Å²) >= 11 is 0. The first-order valence-electron chi connectivity index (χ1n) is 8.85. The van der Waals surface area contributed by atoms with Gasteiger partial charge in [0, 0.05) is 11.8 Å². The minimum Gasteiger partial charge on any atom is -0.365 e. The van der Waals surface area contributed by atoms with Crippen LogP contribution in [0.5, 0.6) is 0 Å². The number of fused-ring (bicyclic) bond motifs is 1. The number of aromatic amines is 1. The zero-order valence-electron chi connectivity index (χ0n) is 14.6. The third kappa shape index (κ3) is 3.41. The molecule has 0 saturated heterocycles. The quantitative estimate of drug-likeness (QED) is 0.622. The van der Waals surface area contributed by atoms with Crippen LogP contribution in [0.4, 0.5) is 5.82 Å². The summed E-state index contributed by atoms with van der Waals surface area (Å²) in [6.45, 7) is 2.38. The summed E-state index contributed by atoms with van der Waals surface area (Å²) in [5.74, 6) is 1.07. The van der Waals surface area contributed by atoms with Gasteiger partial charge in [0.05, 0.1) is 17.3 Å². The van der Waals surface area contributed by atoms with Crippen molar-refractivity contribution >= 4 is 27.8 Å². The first kappa shape index (κ1) is 17.0. The molecule has 4 rings (SSSR count). The molecule has 1 unspecified atom stereocenters. The number of nitrogens with one attached hydrogen (secondary N) is 2. The highest BCUT2D eigenvalue weighted by atomic mass is 32.2. The van der Waals surface area contributed by atoms with Gasteiger partial charge in [0.15, 0.2) is 11.5 Å². The maximum absolute atomic E-state index is 12.5. The number of aromatic nitrogens is 4. The molecule has 0 spiro atoms. The molecule has 0 amide bonds. The van der Waals surface area contributed by atoms with E-state index in [1.807, 2.05) is 37.3 Å². The molecule has 1 aromatic carbocycles. The van der Waals surface area contributed by atoms with Gasteiger partial charge >= 0.3 is 5.69 Å². The highest BCUT2D eigenvalue weighted by molar-refractivity contribution is 7.84. The Kier molecular flexibility index (Phi) is 4.58. The van der Waals surface area contributed by atoms with Gasteiger partial charge in [-0.25, -0.2) is 14.8 Å².